The summed E-state index contributed by atoms with van der Waals surface area (Å²) >= 11 is 6.13. The third-order valence-electron chi connectivity index (χ3n) is 7.01. The average Bonchev–Trinajstić information content (AvgIpc) is 3.49. The monoisotopic (exact) mass is 575 g/mol. The summed E-state index contributed by atoms with van der Waals surface area (Å²) in [7, 11) is 3.51. The number of likely N-dealkylation sites (N-methyl/N-ethyl adjacent to an activating group) is 1. The lowest BCUT2D eigenvalue weighted by Crippen LogP contribution is -2.43. The molecule has 214 valence electrons. The maximum atomic E-state index is 14.8. The molecule has 0 spiro atoms. The highest BCUT2D eigenvalue weighted by Gasteiger charge is 2.39. The molecule has 1 aliphatic heterocycles. The first kappa shape index (κ1) is 29.4. The van der Waals surface area contributed by atoms with Crippen molar-refractivity contribution in [3.05, 3.63) is 64.6 Å². The van der Waals surface area contributed by atoms with Crippen LogP contribution in [0.5, 0.6) is 0 Å². The van der Waals surface area contributed by atoms with Crippen molar-refractivity contribution >= 4 is 46.0 Å². The molecule has 12 heteroatoms. The minimum Gasteiger partial charge on any atom is -0.383 e. The number of carbonyl (C=O) groups excluding carboxylic acids is 3. The Bertz CT molecular complexity index is 1410. The molecule has 3 N–H and O–H groups in total. The van der Waals surface area contributed by atoms with Gasteiger partial charge in [-0.15, -0.1) is 0 Å². The van der Waals surface area contributed by atoms with Gasteiger partial charge in [0.15, 0.2) is 5.78 Å². The number of alkyl halides is 1. The van der Waals surface area contributed by atoms with E-state index in [2.05, 4.69) is 5.32 Å². The first-order valence-electron chi connectivity index (χ1n) is 12.9. The van der Waals surface area contributed by atoms with E-state index in [1.165, 1.54) is 10.8 Å². The Morgan fingerprint density at radius 3 is 2.73 bits per heavy atom. The smallest absolute Gasteiger partial charge is 0.323 e. The lowest BCUT2D eigenvalue weighted by molar-refractivity contribution is -0.122. The summed E-state index contributed by atoms with van der Waals surface area (Å²) in [5.41, 5.74) is 7.31. The van der Waals surface area contributed by atoms with Crippen LogP contribution in [-0.4, -0.2) is 78.3 Å². The molecule has 0 saturated carbocycles. The molecule has 1 aromatic heterocycles. The molecule has 2 heterocycles. The van der Waals surface area contributed by atoms with Crippen LogP contribution in [-0.2, 0) is 22.5 Å². The number of benzene rings is 2. The number of rotatable bonds is 10. The van der Waals surface area contributed by atoms with Crippen molar-refractivity contribution < 1.29 is 27.9 Å². The fourth-order valence-corrected chi connectivity index (χ4v) is 5.27. The molecular formula is C28H32ClF2N5O4. The molecule has 40 heavy (non-hydrogen) atoms. The average molecular weight is 576 g/mol. The highest BCUT2D eigenvalue weighted by atomic mass is 35.5. The Kier molecular flexibility index (Phi) is 9.39. The maximum absolute atomic E-state index is 14.8. The predicted molar refractivity (Wildman–Crippen MR) is 149 cm³/mol. The molecule has 0 bridgehead atoms. The lowest BCUT2D eigenvalue weighted by Gasteiger charge is -2.23. The number of nitrogens with one attached hydrogen (secondary N) is 1. The van der Waals surface area contributed by atoms with Crippen LogP contribution < -0.4 is 11.1 Å². The Morgan fingerprint density at radius 1 is 1.25 bits per heavy atom. The van der Waals surface area contributed by atoms with E-state index in [0.29, 0.717) is 36.3 Å². The van der Waals surface area contributed by atoms with Gasteiger partial charge in [0.25, 0.3) is 0 Å². The molecule has 1 aliphatic rings. The van der Waals surface area contributed by atoms with Gasteiger partial charge >= 0.3 is 12.1 Å². The molecule has 1 fully saturated rings. The van der Waals surface area contributed by atoms with E-state index in [1.54, 1.807) is 43.5 Å². The number of para-hydroxylation sites is 1. The number of hydrogen-bond donors (Lipinski definition) is 2. The number of aryl methyl sites for hydroxylation is 1. The van der Waals surface area contributed by atoms with Gasteiger partial charge in [-0.1, -0.05) is 35.9 Å². The van der Waals surface area contributed by atoms with E-state index in [9.17, 15) is 23.2 Å². The summed E-state index contributed by atoms with van der Waals surface area (Å²) < 4.78 is 35.5. The van der Waals surface area contributed by atoms with Gasteiger partial charge < -0.3 is 20.7 Å². The Labute approximate surface area is 235 Å². The van der Waals surface area contributed by atoms with E-state index in [0.717, 1.165) is 10.5 Å². The summed E-state index contributed by atoms with van der Waals surface area (Å²) in [6.07, 6.45) is -0.198. The number of anilines is 1. The Hall–Kier alpha value is -3.54. The number of aromatic nitrogens is 1. The van der Waals surface area contributed by atoms with E-state index in [4.69, 9.17) is 22.1 Å². The fourth-order valence-electron chi connectivity index (χ4n) is 5.01. The third kappa shape index (κ3) is 6.60. The summed E-state index contributed by atoms with van der Waals surface area (Å²) in [6, 6.07) is 7.64. The number of ether oxygens (including phenoxy) is 1. The summed E-state index contributed by atoms with van der Waals surface area (Å²) in [5.74, 6) is -0.985. The number of likely N-dealkylation sites (tertiary alicyclic amines) is 1. The third-order valence-corrected chi connectivity index (χ3v) is 7.28. The number of methoxy groups -OCH3 is 1. The van der Waals surface area contributed by atoms with Crippen LogP contribution in [0.3, 0.4) is 0 Å². The number of urea groups is 1. The molecule has 2 aromatic carbocycles. The van der Waals surface area contributed by atoms with Gasteiger partial charge in [-0.2, -0.15) is 0 Å². The molecule has 1 saturated heterocycles. The number of halogens is 3. The fraction of sp³-hybridized carbons (Fsp3) is 0.393. The number of primary amides is 1. The van der Waals surface area contributed by atoms with Crippen molar-refractivity contribution in [2.45, 2.75) is 38.0 Å². The SMILES string of the molecule is COCCN(C)Cc1cc(Cl)c(F)c(CCC(=O)[C@@H]2C[C@@H](F)CN2C(=O)Nc2cn(C(N)=O)c3ccccc23)c1. The molecule has 3 aromatic rings. The van der Waals surface area contributed by atoms with Crippen LogP contribution in [0, 0.1) is 5.82 Å². The first-order chi connectivity index (χ1) is 19.1. The summed E-state index contributed by atoms with van der Waals surface area (Å²) in [6.45, 7) is 1.46. The minimum absolute atomic E-state index is 0.0408. The normalized spacial score (nSPS) is 17.1. The molecule has 4 rings (SSSR count). The zero-order valence-electron chi connectivity index (χ0n) is 22.3. The van der Waals surface area contributed by atoms with Crippen molar-refractivity contribution in [2.24, 2.45) is 5.73 Å². The minimum atomic E-state index is -1.39. The van der Waals surface area contributed by atoms with Crippen LogP contribution in [0.2, 0.25) is 5.02 Å². The van der Waals surface area contributed by atoms with Crippen molar-refractivity contribution in [1.82, 2.24) is 14.4 Å². The van der Waals surface area contributed by atoms with Crippen LogP contribution in [0.1, 0.15) is 24.0 Å². The number of amides is 3. The predicted octanol–water partition coefficient (Wildman–Crippen LogP) is 4.59. The first-order valence-corrected chi connectivity index (χ1v) is 13.3. The maximum Gasteiger partial charge on any atom is 0.323 e. The van der Waals surface area contributed by atoms with E-state index in [-0.39, 0.29) is 42.2 Å². The van der Waals surface area contributed by atoms with E-state index in [1.807, 2.05) is 11.9 Å². The van der Waals surface area contributed by atoms with E-state index < -0.39 is 30.1 Å². The number of carbonyl (C=O) groups is 3. The number of nitrogens with two attached hydrogens (primary N) is 1. The second-order valence-electron chi connectivity index (χ2n) is 9.95. The van der Waals surface area contributed by atoms with Crippen LogP contribution in [0.4, 0.5) is 24.1 Å². The van der Waals surface area contributed by atoms with Crippen molar-refractivity contribution in [3.63, 3.8) is 0 Å². The quantitative estimate of drug-likeness (QED) is 0.368. The van der Waals surface area contributed by atoms with Gasteiger partial charge in [0.2, 0.25) is 0 Å². The second-order valence-corrected chi connectivity index (χ2v) is 10.4. The topological polar surface area (TPSA) is 110 Å². The molecular weight excluding hydrogens is 544 g/mol. The second kappa shape index (κ2) is 12.8. The number of fused-ring (bicyclic) bond motifs is 1. The Balaban J connectivity index is 1.45. The van der Waals surface area contributed by atoms with Gasteiger partial charge in [-0.25, -0.2) is 18.4 Å². The molecule has 0 aliphatic carbocycles. The van der Waals surface area contributed by atoms with Crippen LogP contribution in [0.25, 0.3) is 10.9 Å². The van der Waals surface area contributed by atoms with Crippen molar-refractivity contribution in [2.75, 3.05) is 39.2 Å². The number of ketones is 1. The molecule has 2 atom stereocenters. The standard InChI is InChI=1S/C28H32ClF2N5O4/c1-34(9-10-40-2)14-17-11-18(26(31)21(29)12-17)7-8-25(37)24-13-19(30)15-36(24)28(39)33-22-16-35(27(32)38)23-6-4-3-5-20(22)23/h3-6,11-12,16,19,24H,7-10,13-15H2,1-2H3,(H2,32,38)(H,33,39)/t19-,24+/m1/s1. The van der Waals surface area contributed by atoms with E-state index >= 15 is 0 Å². The molecule has 0 radical (unpaired) electrons. The lowest BCUT2D eigenvalue weighted by atomic mass is 9.99. The highest BCUT2D eigenvalue weighted by molar-refractivity contribution is 6.30. The number of hydrogen-bond acceptors (Lipinski definition) is 5. The van der Waals surface area contributed by atoms with Gasteiger partial charge in [0, 0.05) is 44.6 Å². The number of Topliss-reactive ketones (excluding diaryl/α,β-unsaturated/α-hetero) is 1. The van der Waals surface area contributed by atoms with Crippen LogP contribution >= 0.6 is 11.6 Å². The zero-order valence-corrected chi connectivity index (χ0v) is 23.1. The van der Waals surface area contributed by atoms with Gasteiger partial charge in [0.05, 0.1) is 35.4 Å². The largest absolute Gasteiger partial charge is 0.383 e. The van der Waals surface area contributed by atoms with Gasteiger partial charge in [0.1, 0.15) is 12.0 Å². The van der Waals surface area contributed by atoms with Gasteiger partial charge in [-0.05, 0) is 36.7 Å². The Morgan fingerprint density at radius 2 is 2.00 bits per heavy atom. The molecule has 3 amide bonds. The van der Waals surface area contributed by atoms with Crippen molar-refractivity contribution in [1.29, 1.82) is 0 Å². The highest BCUT2D eigenvalue weighted by Crippen LogP contribution is 2.29. The summed E-state index contributed by atoms with van der Waals surface area (Å²) in [5, 5.41) is 3.21. The number of nitrogens with zero attached hydrogens (tertiary/aromatic N) is 3. The van der Waals surface area contributed by atoms with Crippen molar-refractivity contribution in [3.8, 4) is 0 Å². The van der Waals surface area contributed by atoms with Gasteiger partial charge in [-0.3, -0.25) is 14.3 Å². The molecule has 9 nitrogen and oxygen atoms in total. The summed E-state index contributed by atoms with van der Waals surface area (Å²) in [4.78, 5) is 41.3. The zero-order chi connectivity index (χ0) is 29.0. The molecule has 0 unspecified atom stereocenters. The van der Waals surface area contributed by atoms with Crippen LogP contribution in [0.15, 0.2) is 42.6 Å².